The van der Waals surface area contributed by atoms with Crippen molar-refractivity contribution in [1.82, 2.24) is 15.2 Å². The molecule has 2 heterocycles. The zero-order valence-electron chi connectivity index (χ0n) is 13.8. The first-order valence-electron chi connectivity index (χ1n) is 7.91. The SMILES string of the molecule is CC1=CC(NCc2ccc(F)cc2F)=C(Br)CN1Cc1cccnc1. The van der Waals surface area contributed by atoms with Crippen molar-refractivity contribution < 1.29 is 8.78 Å². The van der Waals surface area contributed by atoms with E-state index in [-0.39, 0.29) is 0 Å². The molecule has 3 nitrogen and oxygen atoms in total. The van der Waals surface area contributed by atoms with E-state index in [4.69, 9.17) is 0 Å². The fraction of sp³-hybridized carbons (Fsp3) is 0.211. The Morgan fingerprint density at radius 3 is 2.84 bits per heavy atom. The van der Waals surface area contributed by atoms with E-state index in [1.165, 1.54) is 12.1 Å². The molecule has 25 heavy (non-hydrogen) atoms. The van der Waals surface area contributed by atoms with Crippen molar-refractivity contribution in [1.29, 1.82) is 0 Å². The minimum absolute atomic E-state index is 0.295. The summed E-state index contributed by atoms with van der Waals surface area (Å²) in [6.07, 6.45) is 5.64. The van der Waals surface area contributed by atoms with Crippen LogP contribution in [0, 0.1) is 11.6 Å². The molecule has 1 N–H and O–H groups in total. The highest BCUT2D eigenvalue weighted by Crippen LogP contribution is 2.25. The smallest absolute Gasteiger partial charge is 0.131 e. The molecule has 130 valence electrons. The quantitative estimate of drug-likeness (QED) is 0.794. The molecule has 0 unspecified atom stereocenters. The Kier molecular flexibility index (Phi) is 5.48. The van der Waals surface area contributed by atoms with Gasteiger partial charge in [0, 0.05) is 53.0 Å². The molecule has 0 spiro atoms. The second kappa shape index (κ2) is 7.78. The van der Waals surface area contributed by atoms with Crippen LogP contribution in [-0.2, 0) is 13.1 Å². The van der Waals surface area contributed by atoms with Gasteiger partial charge in [-0.15, -0.1) is 0 Å². The molecule has 6 heteroatoms. The van der Waals surface area contributed by atoms with Gasteiger partial charge in [-0.25, -0.2) is 8.78 Å². The van der Waals surface area contributed by atoms with Crippen molar-refractivity contribution >= 4 is 15.9 Å². The van der Waals surface area contributed by atoms with Gasteiger partial charge in [0.15, 0.2) is 0 Å². The molecule has 0 aliphatic carbocycles. The monoisotopic (exact) mass is 405 g/mol. The lowest BCUT2D eigenvalue weighted by molar-refractivity contribution is 0.363. The van der Waals surface area contributed by atoms with Crippen molar-refractivity contribution in [2.45, 2.75) is 20.0 Å². The summed E-state index contributed by atoms with van der Waals surface area (Å²) in [4.78, 5) is 6.37. The van der Waals surface area contributed by atoms with Crippen LogP contribution < -0.4 is 5.32 Å². The number of pyridine rings is 1. The Balaban J connectivity index is 1.66. The predicted molar refractivity (Wildman–Crippen MR) is 97.6 cm³/mol. The highest BCUT2D eigenvalue weighted by atomic mass is 79.9. The number of hydrogen-bond donors (Lipinski definition) is 1. The van der Waals surface area contributed by atoms with Gasteiger partial charge in [-0.05, 0) is 30.7 Å². The molecule has 0 atom stereocenters. The molecule has 0 saturated carbocycles. The molecule has 0 amide bonds. The van der Waals surface area contributed by atoms with E-state index in [0.717, 1.165) is 34.1 Å². The maximum Gasteiger partial charge on any atom is 0.131 e. The third kappa shape index (κ3) is 4.45. The molecule has 0 fully saturated rings. The average Bonchev–Trinajstić information content (AvgIpc) is 2.59. The van der Waals surface area contributed by atoms with Gasteiger partial charge in [0.2, 0.25) is 0 Å². The van der Waals surface area contributed by atoms with E-state index in [9.17, 15) is 8.78 Å². The summed E-state index contributed by atoms with van der Waals surface area (Å²) in [5, 5.41) is 3.22. The summed E-state index contributed by atoms with van der Waals surface area (Å²) in [5.41, 5.74) is 3.58. The van der Waals surface area contributed by atoms with E-state index in [1.807, 2.05) is 31.3 Å². The predicted octanol–water partition coefficient (Wildman–Crippen LogP) is 4.48. The number of hydrogen-bond acceptors (Lipinski definition) is 3. The Bertz CT molecular complexity index is 819. The second-order valence-electron chi connectivity index (χ2n) is 5.91. The standard InChI is InChI=1S/C19H18BrF2N3/c1-13-7-19(24-10-15-4-5-16(21)8-18(15)22)17(20)12-25(13)11-14-3-2-6-23-9-14/h2-9,24H,10-12H2,1H3. The fourth-order valence-electron chi connectivity index (χ4n) is 2.65. The van der Waals surface area contributed by atoms with Crippen LogP contribution in [0.2, 0.25) is 0 Å². The Labute approximate surface area is 154 Å². The number of halogens is 3. The molecule has 0 radical (unpaired) electrons. The topological polar surface area (TPSA) is 28.2 Å². The first-order valence-corrected chi connectivity index (χ1v) is 8.71. The molecular weight excluding hydrogens is 388 g/mol. The van der Waals surface area contributed by atoms with Crippen LogP contribution in [0.15, 0.2) is 64.7 Å². The van der Waals surface area contributed by atoms with Gasteiger partial charge in [-0.2, -0.15) is 0 Å². The highest BCUT2D eigenvalue weighted by molar-refractivity contribution is 9.11. The first kappa shape index (κ1) is 17.6. The van der Waals surface area contributed by atoms with Crippen LogP contribution in [0.4, 0.5) is 8.78 Å². The molecule has 1 aromatic heterocycles. The number of aromatic nitrogens is 1. The van der Waals surface area contributed by atoms with Crippen molar-refractivity contribution in [3.8, 4) is 0 Å². The molecule has 0 saturated heterocycles. The summed E-state index contributed by atoms with van der Waals surface area (Å²) in [5.74, 6) is -1.11. The van der Waals surface area contributed by atoms with Gasteiger partial charge < -0.3 is 10.2 Å². The zero-order valence-corrected chi connectivity index (χ0v) is 15.4. The maximum atomic E-state index is 13.7. The first-order chi connectivity index (χ1) is 12.0. The van der Waals surface area contributed by atoms with Crippen molar-refractivity contribution in [2.24, 2.45) is 0 Å². The zero-order chi connectivity index (χ0) is 17.8. The van der Waals surface area contributed by atoms with Crippen LogP contribution in [0.3, 0.4) is 0 Å². The number of benzene rings is 1. The van der Waals surface area contributed by atoms with Crippen molar-refractivity contribution in [3.63, 3.8) is 0 Å². The van der Waals surface area contributed by atoms with E-state index in [0.29, 0.717) is 18.7 Å². The van der Waals surface area contributed by atoms with Gasteiger partial charge in [0.05, 0.1) is 6.54 Å². The maximum absolute atomic E-state index is 13.7. The molecule has 2 aromatic rings. The Morgan fingerprint density at radius 1 is 1.28 bits per heavy atom. The number of nitrogens with one attached hydrogen (secondary N) is 1. The third-order valence-electron chi connectivity index (χ3n) is 4.05. The summed E-state index contributed by atoms with van der Waals surface area (Å²) in [7, 11) is 0. The van der Waals surface area contributed by atoms with Crippen LogP contribution >= 0.6 is 15.9 Å². The van der Waals surface area contributed by atoms with Crippen LogP contribution in [-0.4, -0.2) is 16.4 Å². The van der Waals surface area contributed by atoms with Gasteiger partial charge in [-0.3, -0.25) is 4.98 Å². The lowest BCUT2D eigenvalue weighted by Gasteiger charge is -2.30. The second-order valence-corrected chi connectivity index (χ2v) is 6.87. The lowest BCUT2D eigenvalue weighted by Crippen LogP contribution is -2.29. The number of rotatable bonds is 5. The van der Waals surface area contributed by atoms with E-state index >= 15 is 0 Å². The van der Waals surface area contributed by atoms with Crippen LogP contribution in [0.1, 0.15) is 18.1 Å². The van der Waals surface area contributed by atoms with Gasteiger partial charge in [0.25, 0.3) is 0 Å². The minimum Gasteiger partial charge on any atom is -0.380 e. The summed E-state index contributed by atoms with van der Waals surface area (Å²) in [6.45, 7) is 3.81. The number of nitrogens with zero attached hydrogens (tertiary/aromatic N) is 2. The highest BCUT2D eigenvalue weighted by Gasteiger charge is 2.17. The molecule has 1 aliphatic rings. The molecule has 0 bridgehead atoms. The molecule has 1 aromatic carbocycles. The lowest BCUT2D eigenvalue weighted by atomic mass is 10.1. The van der Waals surface area contributed by atoms with Gasteiger partial charge >= 0.3 is 0 Å². The van der Waals surface area contributed by atoms with Crippen molar-refractivity contribution in [2.75, 3.05) is 6.54 Å². The van der Waals surface area contributed by atoms with E-state index in [2.05, 4.69) is 31.1 Å². The van der Waals surface area contributed by atoms with Gasteiger partial charge in [-0.1, -0.05) is 28.1 Å². The molecule has 3 rings (SSSR count). The normalized spacial score (nSPS) is 14.6. The summed E-state index contributed by atoms with van der Waals surface area (Å²) in [6, 6.07) is 7.59. The molecule has 1 aliphatic heterocycles. The third-order valence-corrected chi connectivity index (χ3v) is 4.73. The molecular formula is C19H18BrF2N3. The van der Waals surface area contributed by atoms with Gasteiger partial charge in [0.1, 0.15) is 11.6 Å². The van der Waals surface area contributed by atoms with Crippen LogP contribution in [0.5, 0.6) is 0 Å². The minimum atomic E-state index is -0.568. The van der Waals surface area contributed by atoms with E-state index in [1.54, 1.807) is 6.20 Å². The fourth-order valence-corrected chi connectivity index (χ4v) is 3.21. The summed E-state index contributed by atoms with van der Waals surface area (Å²) < 4.78 is 27.7. The average molecular weight is 406 g/mol. The largest absolute Gasteiger partial charge is 0.380 e. The summed E-state index contributed by atoms with van der Waals surface area (Å²) >= 11 is 3.60. The van der Waals surface area contributed by atoms with E-state index < -0.39 is 11.6 Å². The van der Waals surface area contributed by atoms with Crippen molar-refractivity contribution in [3.05, 3.63) is 87.4 Å². The van der Waals surface area contributed by atoms with Crippen LogP contribution in [0.25, 0.3) is 0 Å². The Morgan fingerprint density at radius 2 is 2.12 bits per heavy atom. The number of allylic oxidation sites excluding steroid dienone is 2. The Hall–Kier alpha value is -2.21.